The third-order valence-electron chi connectivity index (χ3n) is 5.10. The molecule has 5 N–H and O–H groups in total. The number of nitrogens with zero attached hydrogens (tertiary/aromatic N) is 2. The van der Waals surface area contributed by atoms with Crippen LogP contribution in [-0.2, 0) is 20.4 Å². The van der Waals surface area contributed by atoms with Crippen molar-refractivity contribution in [3.63, 3.8) is 0 Å². The molecule has 0 saturated heterocycles. The minimum Gasteiger partial charge on any atom is -0.346 e. The van der Waals surface area contributed by atoms with Gasteiger partial charge >= 0.3 is 6.18 Å². The topological polar surface area (TPSA) is 143 Å². The van der Waals surface area contributed by atoms with Gasteiger partial charge in [-0.1, -0.05) is 13.8 Å². The maximum atomic E-state index is 12.7. The second-order valence-corrected chi connectivity index (χ2v) is 9.73. The number of hydrogen-bond donors (Lipinski definition) is 4. The number of alkyl halides is 3. The van der Waals surface area contributed by atoms with Crippen LogP contribution in [0.15, 0.2) is 36.9 Å². The zero-order chi connectivity index (χ0) is 24.6. The molecule has 0 bridgehead atoms. The first-order valence-electron chi connectivity index (χ1n) is 9.75. The summed E-state index contributed by atoms with van der Waals surface area (Å²) in [5, 5.41) is 2.42. The smallest absolute Gasteiger partial charge is 0.346 e. The van der Waals surface area contributed by atoms with Gasteiger partial charge in [0.2, 0.25) is 15.9 Å². The summed E-state index contributed by atoms with van der Waals surface area (Å²) in [6.45, 7) is 1.74. The third-order valence-corrected chi connectivity index (χ3v) is 5.70. The van der Waals surface area contributed by atoms with Gasteiger partial charge in [0.25, 0.3) is 0 Å². The second kappa shape index (κ2) is 8.63. The van der Waals surface area contributed by atoms with Crippen LogP contribution in [0, 0.1) is 5.92 Å². The number of halogens is 3. The van der Waals surface area contributed by atoms with Gasteiger partial charge < -0.3 is 16.0 Å². The average Bonchev–Trinajstić information content (AvgIpc) is 3.12. The van der Waals surface area contributed by atoms with Crippen LogP contribution in [0.3, 0.4) is 0 Å². The predicted molar refractivity (Wildman–Crippen MR) is 118 cm³/mol. The van der Waals surface area contributed by atoms with Crippen LogP contribution in [-0.4, -0.2) is 48.3 Å². The van der Waals surface area contributed by atoms with Crippen LogP contribution in [0.25, 0.3) is 22.2 Å². The van der Waals surface area contributed by atoms with E-state index in [0.29, 0.717) is 22.2 Å². The minimum atomic E-state index is -4.58. The van der Waals surface area contributed by atoms with Crippen LogP contribution in [0.5, 0.6) is 0 Å². The zero-order valence-electron chi connectivity index (χ0n) is 18.0. The normalized spacial score (nSPS) is 14.3. The Labute approximate surface area is 188 Å². The highest BCUT2D eigenvalue weighted by atomic mass is 32.2. The molecular weight excluding hydrogens is 461 g/mol. The summed E-state index contributed by atoms with van der Waals surface area (Å²) in [4.78, 5) is 24.0. The molecule has 0 unspecified atom stereocenters. The van der Waals surface area contributed by atoms with Gasteiger partial charge in [0.05, 0.1) is 18.1 Å². The molecule has 0 aliphatic heterocycles. The Hall–Kier alpha value is -3.19. The molecule has 3 aromatic heterocycles. The Morgan fingerprint density at radius 2 is 1.91 bits per heavy atom. The van der Waals surface area contributed by atoms with E-state index in [0.717, 1.165) is 6.26 Å². The Bertz CT molecular complexity index is 1290. The quantitative estimate of drug-likeness (QED) is 0.406. The molecule has 178 valence electrons. The molecule has 33 heavy (non-hydrogen) atoms. The van der Waals surface area contributed by atoms with Crippen molar-refractivity contribution in [2.45, 2.75) is 25.6 Å². The number of anilines is 1. The fraction of sp³-hybridized carbons (Fsp3) is 0.350. The highest BCUT2D eigenvalue weighted by Gasteiger charge is 2.41. The van der Waals surface area contributed by atoms with E-state index in [-0.39, 0.29) is 11.3 Å². The number of carbonyl (C=O) groups is 1. The molecule has 0 aromatic carbocycles. The number of aromatic nitrogens is 3. The maximum Gasteiger partial charge on any atom is 0.405 e. The van der Waals surface area contributed by atoms with E-state index < -0.39 is 40.1 Å². The first-order valence-corrected chi connectivity index (χ1v) is 11.6. The van der Waals surface area contributed by atoms with Crippen molar-refractivity contribution >= 4 is 32.7 Å². The highest BCUT2D eigenvalue weighted by Crippen LogP contribution is 2.33. The minimum absolute atomic E-state index is 0.224. The number of aromatic amines is 1. The predicted octanol–water partition coefficient (Wildman–Crippen LogP) is 2.48. The fourth-order valence-corrected chi connectivity index (χ4v) is 3.92. The number of hydrogen-bond acceptors (Lipinski definition) is 6. The number of fused-ring (bicyclic) bond motifs is 1. The molecule has 0 saturated carbocycles. The molecule has 3 heterocycles. The lowest BCUT2D eigenvalue weighted by Gasteiger charge is -2.32. The first-order chi connectivity index (χ1) is 15.2. The summed E-state index contributed by atoms with van der Waals surface area (Å²) >= 11 is 0. The van der Waals surface area contributed by atoms with E-state index in [9.17, 15) is 26.4 Å². The molecule has 13 heteroatoms. The van der Waals surface area contributed by atoms with Crippen LogP contribution in [0.1, 0.15) is 19.4 Å². The van der Waals surface area contributed by atoms with E-state index in [2.05, 4.69) is 19.7 Å². The lowest BCUT2D eigenvalue weighted by Crippen LogP contribution is -2.56. The van der Waals surface area contributed by atoms with Crippen molar-refractivity contribution in [3.8, 4) is 11.1 Å². The summed E-state index contributed by atoms with van der Waals surface area (Å²) in [6.07, 6.45) is 2.24. The van der Waals surface area contributed by atoms with Crippen LogP contribution in [0.2, 0.25) is 0 Å². The Morgan fingerprint density at radius 1 is 1.21 bits per heavy atom. The van der Waals surface area contributed by atoms with Gasteiger partial charge in [0.15, 0.2) is 0 Å². The lowest BCUT2D eigenvalue weighted by atomic mass is 9.80. The average molecular weight is 485 g/mol. The second-order valence-electron chi connectivity index (χ2n) is 7.98. The van der Waals surface area contributed by atoms with Crippen LogP contribution < -0.4 is 15.8 Å². The van der Waals surface area contributed by atoms with Gasteiger partial charge in [-0.2, -0.15) is 13.2 Å². The summed E-state index contributed by atoms with van der Waals surface area (Å²) < 4.78 is 63.3. The van der Waals surface area contributed by atoms with Gasteiger partial charge in [-0.3, -0.25) is 14.5 Å². The SMILES string of the molecule is CC(C)[C@](N)(C(=O)NCC(F)(F)F)c1cncc(-c2c[nH]c3ncc(NS(C)(=O)=O)cc23)c1. The van der Waals surface area contributed by atoms with Crippen molar-refractivity contribution in [1.82, 2.24) is 20.3 Å². The van der Waals surface area contributed by atoms with Crippen molar-refractivity contribution in [1.29, 1.82) is 0 Å². The molecule has 9 nitrogen and oxygen atoms in total. The molecule has 0 spiro atoms. The largest absolute Gasteiger partial charge is 0.405 e. The molecule has 0 fully saturated rings. The lowest BCUT2D eigenvalue weighted by molar-refractivity contribution is -0.143. The van der Waals surface area contributed by atoms with Crippen molar-refractivity contribution in [2.75, 3.05) is 17.5 Å². The van der Waals surface area contributed by atoms with E-state index in [1.165, 1.54) is 18.6 Å². The number of sulfonamides is 1. The number of nitrogens with one attached hydrogen (secondary N) is 3. The number of carbonyl (C=O) groups excluding carboxylic acids is 1. The van der Waals surface area contributed by atoms with Crippen LogP contribution in [0.4, 0.5) is 18.9 Å². The van der Waals surface area contributed by atoms with E-state index >= 15 is 0 Å². The molecule has 3 aromatic rings. The van der Waals surface area contributed by atoms with Crippen molar-refractivity contribution < 1.29 is 26.4 Å². The molecule has 0 aliphatic carbocycles. The van der Waals surface area contributed by atoms with Crippen LogP contribution >= 0.6 is 0 Å². The van der Waals surface area contributed by atoms with Crippen molar-refractivity contribution in [3.05, 3.63) is 42.5 Å². The maximum absolute atomic E-state index is 12.7. The van der Waals surface area contributed by atoms with Gasteiger partial charge in [0, 0.05) is 40.7 Å². The monoisotopic (exact) mass is 484 g/mol. The Morgan fingerprint density at radius 3 is 2.52 bits per heavy atom. The van der Waals surface area contributed by atoms with Gasteiger partial charge in [-0.05, 0) is 18.1 Å². The summed E-state index contributed by atoms with van der Waals surface area (Å²) in [5.74, 6) is -1.54. The fourth-order valence-electron chi connectivity index (χ4n) is 3.38. The standard InChI is InChI=1S/C20H23F3N6O3S/c1-11(2)20(24,18(30)28-10-19(21,22)23)13-4-12(6-25-7-13)16-9-27-17-15(16)5-14(8-26-17)29-33(3,31)32/h4-9,11,29H,10,24H2,1-3H3,(H,26,27)(H,28,30)/t20-/m1/s1. The Balaban J connectivity index is 2.04. The van der Waals surface area contributed by atoms with E-state index in [1.54, 1.807) is 32.2 Å². The number of amides is 1. The van der Waals surface area contributed by atoms with Crippen molar-refractivity contribution in [2.24, 2.45) is 11.7 Å². The third kappa shape index (κ3) is 5.42. The number of pyridine rings is 2. The molecule has 3 rings (SSSR count). The van der Waals surface area contributed by atoms with E-state index in [1.807, 2.05) is 5.32 Å². The molecule has 1 amide bonds. The zero-order valence-corrected chi connectivity index (χ0v) is 18.8. The summed E-state index contributed by atoms with van der Waals surface area (Å²) in [6, 6.07) is 3.15. The number of H-pyrrole nitrogens is 1. The molecular formula is C20H23F3N6O3S. The number of nitrogens with two attached hydrogens (primary N) is 1. The molecule has 0 aliphatic rings. The first kappa shape index (κ1) is 24.5. The highest BCUT2D eigenvalue weighted by molar-refractivity contribution is 7.92. The van der Waals surface area contributed by atoms with Gasteiger partial charge in [-0.15, -0.1) is 0 Å². The number of rotatable bonds is 7. The van der Waals surface area contributed by atoms with Gasteiger partial charge in [-0.25, -0.2) is 13.4 Å². The summed E-state index contributed by atoms with van der Waals surface area (Å²) in [7, 11) is -3.52. The van der Waals surface area contributed by atoms with Gasteiger partial charge in [0.1, 0.15) is 17.7 Å². The summed E-state index contributed by atoms with van der Waals surface area (Å²) in [5.41, 5.74) is 6.61. The van der Waals surface area contributed by atoms with E-state index in [4.69, 9.17) is 5.73 Å². The Kier molecular flexibility index (Phi) is 6.40. The molecule has 0 radical (unpaired) electrons. The molecule has 1 atom stereocenters.